The first-order chi connectivity index (χ1) is 13.0. The standard InChI is InChI=1S/C21H23N3O3/c1-15(25)16-7-6-8-18(13-16)23-20(26)17-9-10-22-19(14-17)21(27)24-11-4-2-3-5-12-24/h6-10,13-14H,2-5,11-12H2,1H3,(H,23,26). The van der Waals surface area contributed by atoms with Crippen molar-refractivity contribution >= 4 is 23.3 Å². The van der Waals surface area contributed by atoms with Gasteiger partial charge in [0.1, 0.15) is 5.69 Å². The SMILES string of the molecule is CC(=O)c1cccc(NC(=O)c2ccnc(C(=O)N3CCCCCC3)c2)c1. The molecule has 0 radical (unpaired) electrons. The van der Waals surface area contributed by atoms with Crippen LogP contribution < -0.4 is 5.32 Å². The molecule has 1 aliphatic heterocycles. The fraction of sp³-hybridized carbons (Fsp3) is 0.333. The fourth-order valence-corrected chi connectivity index (χ4v) is 3.14. The average Bonchev–Trinajstić information content (AvgIpc) is 2.97. The summed E-state index contributed by atoms with van der Waals surface area (Å²) in [4.78, 5) is 42.7. The highest BCUT2D eigenvalue weighted by Gasteiger charge is 2.19. The number of benzene rings is 1. The molecule has 27 heavy (non-hydrogen) atoms. The number of hydrogen-bond donors (Lipinski definition) is 1. The predicted molar refractivity (Wildman–Crippen MR) is 103 cm³/mol. The Hall–Kier alpha value is -3.02. The van der Waals surface area contributed by atoms with E-state index in [-0.39, 0.29) is 23.3 Å². The number of aromatic nitrogens is 1. The van der Waals surface area contributed by atoms with Gasteiger partial charge in [0.25, 0.3) is 11.8 Å². The van der Waals surface area contributed by atoms with Crippen LogP contribution in [0.3, 0.4) is 0 Å². The summed E-state index contributed by atoms with van der Waals surface area (Å²) in [5.74, 6) is -0.548. The number of pyridine rings is 1. The summed E-state index contributed by atoms with van der Waals surface area (Å²) in [5, 5.41) is 2.77. The van der Waals surface area contributed by atoms with Crippen LogP contribution in [0.25, 0.3) is 0 Å². The molecule has 1 fully saturated rings. The molecule has 3 rings (SSSR count). The lowest BCUT2D eigenvalue weighted by Gasteiger charge is -2.19. The number of nitrogens with zero attached hydrogens (tertiary/aromatic N) is 2. The zero-order valence-corrected chi connectivity index (χ0v) is 15.4. The number of rotatable bonds is 4. The van der Waals surface area contributed by atoms with Crippen LogP contribution in [0.5, 0.6) is 0 Å². The summed E-state index contributed by atoms with van der Waals surface area (Å²) >= 11 is 0. The highest BCUT2D eigenvalue weighted by atomic mass is 16.2. The molecule has 1 saturated heterocycles. The first kappa shape index (κ1) is 18.8. The second-order valence-electron chi connectivity index (χ2n) is 6.73. The van der Waals surface area contributed by atoms with E-state index in [0.29, 0.717) is 16.8 Å². The van der Waals surface area contributed by atoms with E-state index in [1.54, 1.807) is 30.3 Å². The Bertz CT molecular complexity index is 855. The number of hydrogen-bond acceptors (Lipinski definition) is 4. The minimum absolute atomic E-state index is 0.0691. The Morgan fingerprint density at radius 1 is 0.963 bits per heavy atom. The van der Waals surface area contributed by atoms with Crippen molar-refractivity contribution in [3.63, 3.8) is 0 Å². The van der Waals surface area contributed by atoms with Gasteiger partial charge in [-0.15, -0.1) is 0 Å². The first-order valence-electron chi connectivity index (χ1n) is 9.22. The molecule has 6 nitrogen and oxygen atoms in total. The van der Waals surface area contributed by atoms with Crippen molar-refractivity contribution in [1.29, 1.82) is 0 Å². The zero-order chi connectivity index (χ0) is 19.2. The third kappa shape index (κ3) is 4.78. The molecule has 0 saturated carbocycles. The van der Waals surface area contributed by atoms with Gasteiger partial charge >= 0.3 is 0 Å². The van der Waals surface area contributed by atoms with E-state index >= 15 is 0 Å². The molecule has 0 atom stereocenters. The van der Waals surface area contributed by atoms with Crippen LogP contribution in [0, 0.1) is 0 Å². The number of ketones is 1. The Labute approximate surface area is 158 Å². The minimum atomic E-state index is -0.344. The van der Waals surface area contributed by atoms with Crippen LogP contribution in [0.1, 0.15) is 63.8 Å². The van der Waals surface area contributed by atoms with Gasteiger partial charge in [-0.3, -0.25) is 19.4 Å². The third-order valence-electron chi connectivity index (χ3n) is 4.66. The molecule has 1 aromatic carbocycles. The largest absolute Gasteiger partial charge is 0.337 e. The summed E-state index contributed by atoms with van der Waals surface area (Å²) in [6.07, 6.45) is 5.75. The van der Waals surface area contributed by atoms with Crippen LogP contribution in [-0.2, 0) is 0 Å². The van der Waals surface area contributed by atoms with E-state index in [1.165, 1.54) is 19.2 Å². The first-order valence-corrected chi connectivity index (χ1v) is 9.22. The summed E-state index contributed by atoms with van der Waals surface area (Å²) in [7, 11) is 0. The fourth-order valence-electron chi connectivity index (χ4n) is 3.14. The maximum atomic E-state index is 12.7. The zero-order valence-electron chi connectivity index (χ0n) is 15.4. The summed E-state index contributed by atoms with van der Waals surface area (Å²) in [6.45, 7) is 2.94. The number of carbonyl (C=O) groups is 3. The lowest BCUT2D eigenvalue weighted by Crippen LogP contribution is -2.32. The van der Waals surface area contributed by atoms with E-state index in [2.05, 4.69) is 10.3 Å². The topological polar surface area (TPSA) is 79.4 Å². The lowest BCUT2D eigenvalue weighted by molar-refractivity contribution is 0.0755. The van der Waals surface area contributed by atoms with Crippen molar-refractivity contribution in [3.8, 4) is 0 Å². The van der Waals surface area contributed by atoms with Gasteiger partial charge in [-0.1, -0.05) is 25.0 Å². The molecule has 0 bridgehead atoms. The Morgan fingerprint density at radius 2 is 1.70 bits per heavy atom. The Balaban J connectivity index is 1.74. The maximum absolute atomic E-state index is 12.7. The van der Waals surface area contributed by atoms with Crippen molar-refractivity contribution in [2.45, 2.75) is 32.6 Å². The number of anilines is 1. The van der Waals surface area contributed by atoms with Gasteiger partial charge in [0.15, 0.2) is 5.78 Å². The molecule has 6 heteroatoms. The number of Topliss-reactive ketones (excluding diaryl/α,β-unsaturated/α-hetero) is 1. The highest BCUT2D eigenvalue weighted by molar-refractivity contribution is 6.06. The summed E-state index contributed by atoms with van der Waals surface area (Å²) in [5.41, 5.74) is 1.70. The van der Waals surface area contributed by atoms with Gasteiger partial charge in [0.2, 0.25) is 0 Å². The minimum Gasteiger partial charge on any atom is -0.337 e. The summed E-state index contributed by atoms with van der Waals surface area (Å²) in [6, 6.07) is 9.86. The molecule has 140 valence electrons. The molecular formula is C21H23N3O3. The van der Waals surface area contributed by atoms with Gasteiger partial charge in [0, 0.05) is 36.1 Å². The monoisotopic (exact) mass is 365 g/mol. The third-order valence-corrected chi connectivity index (χ3v) is 4.66. The van der Waals surface area contributed by atoms with Crippen LogP contribution in [0.15, 0.2) is 42.6 Å². The second kappa shape index (κ2) is 8.58. The maximum Gasteiger partial charge on any atom is 0.272 e. The van der Waals surface area contributed by atoms with E-state index in [0.717, 1.165) is 38.8 Å². The Morgan fingerprint density at radius 3 is 2.41 bits per heavy atom. The average molecular weight is 365 g/mol. The van der Waals surface area contributed by atoms with Crippen molar-refractivity contribution in [2.75, 3.05) is 18.4 Å². The molecule has 2 heterocycles. The van der Waals surface area contributed by atoms with Crippen molar-refractivity contribution in [1.82, 2.24) is 9.88 Å². The van der Waals surface area contributed by atoms with Gasteiger partial charge in [-0.2, -0.15) is 0 Å². The van der Waals surface area contributed by atoms with E-state index in [4.69, 9.17) is 0 Å². The van der Waals surface area contributed by atoms with Gasteiger partial charge in [-0.05, 0) is 44.0 Å². The molecule has 0 aliphatic carbocycles. The van der Waals surface area contributed by atoms with Crippen LogP contribution in [0.2, 0.25) is 0 Å². The van der Waals surface area contributed by atoms with E-state index in [9.17, 15) is 14.4 Å². The van der Waals surface area contributed by atoms with Crippen LogP contribution in [-0.4, -0.2) is 40.6 Å². The smallest absolute Gasteiger partial charge is 0.272 e. The van der Waals surface area contributed by atoms with Gasteiger partial charge in [-0.25, -0.2) is 0 Å². The Kier molecular flexibility index (Phi) is 5.96. The molecular weight excluding hydrogens is 342 g/mol. The van der Waals surface area contributed by atoms with Gasteiger partial charge < -0.3 is 10.2 Å². The van der Waals surface area contributed by atoms with E-state index < -0.39 is 0 Å². The number of likely N-dealkylation sites (tertiary alicyclic amines) is 1. The molecule has 1 N–H and O–H groups in total. The summed E-state index contributed by atoms with van der Waals surface area (Å²) < 4.78 is 0. The number of amides is 2. The number of carbonyl (C=O) groups excluding carboxylic acids is 3. The molecule has 0 unspecified atom stereocenters. The molecule has 1 aliphatic rings. The molecule has 0 spiro atoms. The van der Waals surface area contributed by atoms with Crippen molar-refractivity contribution in [2.24, 2.45) is 0 Å². The van der Waals surface area contributed by atoms with Crippen LogP contribution in [0.4, 0.5) is 5.69 Å². The quantitative estimate of drug-likeness (QED) is 0.840. The molecule has 2 aromatic rings. The normalized spacial score (nSPS) is 14.3. The predicted octanol–water partition coefficient (Wildman–Crippen LogP) is 3.55. The number of nitrogens with one attached hydrogen (secondary N) is 1. The molecule has 2 amide bonds. The highest BCUT2D eigenvalue weighted by Crippen LogP contribution is 2.15. The lowest BCUT2D eigenvalue weighted by atomic mass is 10.1. The molecule has 1 aromatic heterocycles. The van der Waals surface area contributed by atoms with Crippen LogP contribution >= 0.6 is 0 Å². The van der Waals surface area contributed by atoms with Crippen molar-refractivity contribution in [3.05, 3.63) is 59.4 Å². The van der Waals surface area contributed by atoms with E-state index in [1.807, 2.05) is 4.90 Å². The van der Waals surface area contributed by atoms with Gasteiger partial charge in [0.05, 0.1) is 0 Å². The second-order valence-corrected chi connectivity index (χ2v) is 6.73. The van der Waals surface area contributed by atoms with Crippen molar-refractivity contribution < 1.29 is 14.4 Å².